The van der Waals surface area contributed by atoms with Crippen molar-refractivity contribution < 1.29 is 14.3 Å². The Balaban J connectivity index is 1.70. The van der Waals surface area contributed by atoms with Crippen LogP contribution in [0.2, 0.25) is 0 Å². The molecule has 3 rings (SSSR count). The lowest BCUT2D eigenvalue weighted by atomic mass is 9.78. The lowest BCUT2D eigenvalue weighted by molar-refractivity contribution is -0.145. The number of rotatable bonds is 6. The first-order valence-electron chi connectivity index (χ1n) is 9.32. The van der Waals surface area contributed by atoms with Crippen LogP contribution in [0.4, 0.5) is 0 Å². The number of amides is 2. The number of piperidine rings is 1. The fourth-order valence-corrected chi connectivity index (χ4v) is 4.77. The molecule has 2 aliphatic rings. The second-order valence-electron chi connectivity index (χ2n) is 7.20. The van der Waals surface area contributed by atoms with Gasteiger partial charge in [0.2, 0.25) is 5.91 Å². The molecule has 2 fully saturated rings. The van der Waals surface area contributed by atoms with Gasteiger partial charge < -0.3 is 14.5 Å². The molecule has 2 saturated heterocycles. The van der Waals surface area contributed by atoms with E-state index in [0.29, 0.717) is 19.7 Å². The molecular weight excluding hydrogens is 348 g/mol. The van der Waals surface area contributed by atoms with Crippen LogP contribution in [0.3, 0.4) is 0 Å². The fraction of sp³-hybridized carbons (Fsp3) is 0.600. The number of hydrogen-bond donors (Lipinski definition) is 0. The van der Waals surface area contributed by atoms with Gasteiger partial charge in [-0.3, -0.25) is 9.59 Å². The molecule has 0 aromatic heterocycles. The Hall–Kier alpha value is -1.53. The third kappa shape index (κ3) is 3.76. The summed E-state index contributed by atoms with van der Waals surface area (Å²) in [7, 11) is 1.69. The number of carbonyl (C=O) groups is 2. The summed E-state index contributed by atoms with van der Waals surface area (Å²) >= 11 is 1.59. The maximum Gasteiger partial charge on any atom is 0.255 e. The predicted octanol–water partition coefficient (Wildman–Crippen LogP) is 2.90. The van der Waals surface area contributed by atoms with Gasteiger partial charge in [0, 0.05) is 44.8 Å². The van der Waals surface area contributed by atoms with Gasteiger partial charge in [-0.15, -0.1) is 11.8 Å². The minimum atomic E-state index is -0.380. The van der Waals surface area contributed by atoms with Crippen LogP contribution >= 0.6 is 11.8 Å². The lowest BCUT2D eigenvalue weighted by Crippen LogP contribution is -2.50. The van der Waals surface area contributed by atoms with Crippen LogP contribution in [0.1, 0.15) is 36.0 Å². The smallest absolute Gasteiger partial charge is 0.255 e. The SMILES string of the molecule is COCCCN1CCC[C@@]2(CCN(C(=O)c3ccccc3SC)C2)C1=O. The highest BCUT2D eigenvalue weighted by molar-refractivity contribution is 7.98. The Labute approximate surface area is 160 Å². The summed E-state index contributed by atoms with van der Waals surface area (Å²) in [6.45, 7) is 3.46. The molecule has 2 heterocycles. The van der Waals surface area contributed by atoms with E-state index in [2.05, 4.69) is 0 Å². The van der Waals surface area contributed by atoms with Gasteiger partial charge in [-0.1, -0.05) is 12.1 Å². The quantitative estimate of drug-likeness (QED) is 0.566. The molecule has 142 valence electrons. The van der Waals surface area contributed by atoms with Crippen molar-refractivity contribution in [2.45, 2.75) is 30.6 Å². The zero-order valence-electron chi connectivity index (χ0n) is 15.7. The van der Waals surface area contributed by atoms with Crippen LogP contribution in [0.15, 0.2) is 29.2 Å². The summed E-state index contributed by atoms with van der Waals surface area (Å²) in [6, 6.07) is 7.73. The van der Waals surface area contributed by atoms with E-state index in [9.17, 15) is 9.59 Å². The summed E-state index contributed by atoms with van der Waals surface area (Å²) in [4.78, 5) is 31.0. The van der Waals surface area contributed by atoms with Crippen LogP contribution < -0.4 is 0 Å². The largest absolute Gasteiger partial charge is 0.385 e. The molecule has 2 amide bonds. The van der Waals surface area contributed by atoms with Gasteiger partial charge in [0.15, 0.2) is 0 Å². The van der Waals surface area contributed by atoms with E-state index in [1.807, 2.05) is 40.3 Å². The number of likely N-dealkylation sites (tertiary alicyclic amines) is 2. The zero-order chi connectivity index (χ0) is 18.6. The summed E-state index contributed by atoms with van der Waals surface area (Å²) in [5.74, 6) is 0.282. The Morgan fingerprint density at radius 1 is 1.27 bits per heavy atom. The number of nitrogens with zero attached hydrogens (tertiary/aromatic N) is 2. The van der Waals surface area contributed by atoms with Crippen LogP contribution in [0.25, 0.3) is 0 Å². The normalized spacial score (nSPS) is 23.1. The first-order valence-corrected chi connectivity index (χ1v) is 10.5. The van der Waals surface area contributed by atoms with Crippen molar-refractivity contribution in [3.05, 3.63) is 29.8 Å². The molecule has 26 heavy (non-hydrogen) atoms. The molecule has 5 nitrogen and oxygen atoms in total. The van der Waals surface area contributed by atoms with Crippen molar-refractivity contribution in [1.82, 2.24) is 9.80 Å². The lowest BCUT2D eigenvalue weighted by Gasteiger charge is -2.39. The minimum absolute atomic E-state index is 0.0520. The Kier molecular flexibility index (Phi) is 6.24. The van der Waals surface area contributed by atoms with Crippen LogP contribution in [0.5, 0.6) is 0 Å². The van der Waals surface area contributed by atoms with Crippen molar-refractivity contribution in [2.75, 3.05) is 46.2 Å². The number of thioether (sulfide) groups is 1. The van der Waals surface area contributed by atoms with E-state index < -0.39 is 0 Å². The number of ether oxygens (including phenoxy) is 1. The van der Waals surface area contributed by atoms with Gasteiger partial charge in [-0.2, -0.15) is 0 Å². The average Bonchev–Trinajstić information content (AvgIpc) is 3.10. The van der Waals surface area contributed by atoms with E-state index >= 15 is 0 Å². The van der Waals surface area contributed by atoms with Crippen LogP contribution in [-0.4, -0.2) is 67.8 Å². The van der Waals surface area contributed by atoms with Gasteiger partial charge in [0.1, 0.15) is 0 Å². The van der Waals surface area contributed by atoms with E-state index in [4.69, 9.17) is 4.74 Å². The highest BCUT2D eigenvalue weighted by Crippen LogP contribution is 2.40. The number of hydrogen-bond acceptors (Lipinski definition) is 4. The van der Waals surface area contributed by atoms with Gasteiger partial charge in [-0.05, 0) is 44.1 Å². The van der Waals surface area contributed by atoms with Crippen molar-refractivity contribution in [3.63, 3.8) is 0 Å². The maximum atomic E-state index is 13.1. The Bertz CT molecular complexity index is 666. The molecule has 2 aliphatic heterocycles. The molecule has 1 aromatic rings. The molecule has 1 aromatic carbocycles. The third-order valence-corrected chi connectivity index (χ3v) is 6.37. The molecule has 0 aliphatic carbocycles. The van der Waals surface area contributed by atoms with Gasteiger partial charge in [0.25, 0.3) is 5.91 Å². The number of carbonyl (C=O) groups excluding carboxylic acids is 2. The molecule has 1 spiro atoms. The molecule has 6 heteroatoms. The molecule has 0 bridgehead atoms. The molecule has 0 radical (unpaired) electrons. The first kappa shape index (κ1) is 19.2. The van der Waals surface area contributed by atoms with Crippen molar-refractivity contribution in [3.8, 4) is 0 Å². The monoisotopic (exact) mass is 376 g/mol. The van der Waals surface area contributed by atoms with Crippen LogP contribution in [0, 0.1) is 5.41 Å². The molecule has 1 atom stereocenters. The highest BCUT2D eigenvalue weighted by Gasteiger charge is 2.49. The standard InChI is InChI=1S/C20H28N2O3S/c1-25-14-6-12-21-11-5-9-20(19(21)24)10-13-22(15-20)18(23)16-7-3-4-8-17(16)26-2/h3-4,7-8H,5-6,9-15H2,1-2H3/t20-/m0/s1. The van der Waals surface area contributed by atoms with Crippen molar-refractivity contribution in [2.24, 2.45) is 5.41 Å². The van der Waals surface area contributed by atoms with Crippen molar-refractivity contribution in [1.29, 1.82) is 0 Å². The van der Waals surface area contributed by atoms with Gasteiger partial charge in [-0.25, -0.2) is 0 Å². The average molecular weight is 377 g/mol. The van der Waals surface area contributed by atoms with Gasteiger partial charge >= 0.3 is 0 Å². The first-order chi connectivity index (χ1) is 12.6. The molecular formula is C20H28N2O3S. The minimum Gasteiger partial charge on any atom is -0.385 e. The molecule has 0 unspecified atom stereocenters. The summed E-state index contributed by atoms with van der Waals surface area (Å²) < 4.78 is 5.11. The summed E-state index contributed by atoms with van der Waals surface area (Å²) in [6.07, 6.45) is 5.53. The second-order valence-corrected chi connectivity index (χ2v) is 8.05. The van der Waals surface area contributed by atoms with Crippen molar-refractivity contribution >= 4 is 23.6 Å². The zero-order valence-corrected chi connectivity index (χ0v) is 16.5. The van der Waals surface area contributed by atoms with E-state index in [-0.39, 0.29) is 17.2 Å². The summed E-state index contributed by atoms with van der Waals surface area (Å²) in [5, 5.41) is 0. The summed E-state index contributed by atoms with van der Waals surface area (Å²) in [5.41, 5.74) is 0.368. The van der Waals surface area contributed by atoms with Crippen LogP contribution in [-0.2, 0) is 9.53 Å². The number of methoxy groups -OCH3 is 1. The van der Waals surface area contributed by atoms with Gasteiger partial charge in [0.05, 0.1) is 11.0 Å². The molecule has 0 saturated carbocycles. The fourth-order valence-electron chi connectivity index (χ4n) is 4.18. The van der Waals surface area contributed by atoms with E-state index in [1.165, 1.54) is 0 Å². The van der Waals surface area contributed by atoms with E-state index in [0.717, 1.165) is 49.2 Å². The maximum absolute atomic E-state index is 13.1. The second kappa shape index (κ2) is 8.44. The topological polar surface area (TPSA) is 49.9 Å². The Morgan fingerprint density at radius 3 is 2.85 bits per heavy atom. The third-order valence-electron chi connectivity index (χ3n) is 5.58. The molecule has 0 N–H and O–H groups in total. The highest BCUT2D eigenvalue weighted by atomic mass is 32.2. The predicted molar refractivity (Wildman–Crippen MR) is 103 cm³/mol. The number of benzene rings is 1. The van der Waals surface area contributed by atoms with E-state index in [1.54, 1.807) is 18.9 Å². The Morgan fingerprint density at radius 2 is 2.08 bits per heavy atom.